The fraction of sp³-hybridized carbons (Fsp3) is 0.0769. The van der Waals surface area contributed by atoms with Gasteiger partial charge in [0.1, 0.15) is 17.2 Å². The smallest absolute Gasteiger partial charge is 0.165 e. The zero-order chi connectivity index (χ0) is 12.7. The Bertz CT molecular complexity index is 736. The van der Waals surface area contributed by atoms with Crippen LogP contribution in [0.1, 0.15) is 5.76 Å². The maximum Gasteiger partial charge on any atom is 0.165 e. The first-order valence-corrected chi connectivity index (χ1v) is 6.22. The number of furan rings is 1. The molecule has 90 valence electrons. The lowest BCUT2D eigenvalue weighted by atomic mass is 10.1. The number of aromatic nitrogens is 2. The minimum atomic E-state index is 0.421. The molecule has 0 aliphatic heterocycles. The van der Waals surface area contributed by atoms with E-state index in [4.69, 9.17) is 10.2 Å². The van der Waals surface area contributed by atoms with Crippen molar-refractivity contribution < 1.29 is 4.42 Å². The molecule has 5 heteroatoms. The molecule has 1 aromatic carbocycles. The van der Waals surface area contributed by atoms with Crippen molar-refractivity contribution in [3.8, 4) is 11.4 Å². The van der Waals surface area contributed by atoms with Gasteiger partial charge >= 0.3 is 0 Å². The van der Waals surface area contributed by atoms with Gasteiger partial charge in [-0.2, -0.15) is 0 Å². The molecular formula is C13H10BrN3O. The van der Waals surface area contributed by atoms with Crippen molar-refractivity contribution in [1.29, 1.82) is 0 Å². The fourth-order valence-corrected chi connectivity index (χ4v) is 2.14. The second-order valence-electron chi connectivity index (χ2n) is 3.96. The van der Waals surface area contributed by atoms with E-state index in [1.54, 1.807) is 6.20 Å². The zero-order valence-electron chi connectivity index (χ0n) is 9.64. The average Bonchev–Trinajstić information content (AvgIpc) is 2.69. The number of nitrogens with zero attached hydrogens (tertiary/aromatic N) is 2. The molecule has 0 saturated heterocycles. The first-order chi connectivity index (χ1) is 8.66. The van der Waals surface area contributed by atoms with E-state index in [0.717, 1.165) is 22.3 Å². The van der Waals surface area contributed by atoms with Gasteiger partial charge in [-0.05, 0) is 28.9 Å². The minimum absolute atomic E-state index is 0.421. The topological polar surface area (TPSA) is 64.9 Å². The van der Waals surface area contributed by atoms with Gasteiger partial charge in [-0.3, -0.25) is 0 Å². The lowest BCUT2D eigenvalue weighted by molar-refractivity contribution is 0.579. The molecule has 2 heterocycles. The highest BCUT2D eigenvalue weighted by Gasteiger charge is 2.15. The average molecular weight is 304 g/mol. The molecule has 18 heavy (non-hydrogen) atoms. The molecule has 0 unspecified atom stereocenters. The number of halogens is 1. The van der Waals surface area contributed by atoms with Gasteiger partial charge < -0.3 is 10.2 Å². The van der Waals surface area contributed by atoms with Gasteiger partial charge in [0, 0.05) is 11.6 Å². The second-order valence-corrected chi connectivity index (χ2v) is 4.81. The molecule has 3 rings (SSSR count). The largest absolute Gasteiger partial charge is 0.461 e. The molecule has 0 fully saturated rings. The van der Waals surface area contributed by atoms with Crippen molar-refractivity contribution in [3.05, 3.63) is 40.7 Å². The van der Waals surface area contributed by atoms with Crippen LogP contribution in [-0.2, 0) is 0 Å². The minimum Gasteiger partial charge on any atom is -0.461 e. The molecule has 0 amide bonds. The highest BCUT2D eigenvalue weighted by molar-refractivity contribution is 9.10. The standard InChI is InChI=1S/C13H10BrN3O/c1-7-11(8-4-2-3-5-10(8)18-7)13-16-6-9(14)12(15)17-13/h2-6H,1H3,(H2,15,16,17). The Balaban J connectivity index is 2.30. The summed E-state index contributed by atoms with van der Waals surface area (Å²) in [5.41, 5.74) is 7.51. The Kier molecular flexibility index (Phi) is 2.56. The quantitative estimate of drug-likeness (QED) is 0.746. The zero-order valence-corrected chi connectivity index (χ0v) is 11.2. The monoisotopic (exact) mass is 303 g/mol. The van der Waals surface area contributed by atoms with Gasteiger partial charge in [-0.1, -0.05) is 18.2 Å². The summed E-state index contributed by atoms with van der Waals surface area (Å²) >= 11 is 3.29. The summed E-state index contributed by atoms with van der Waals surface area (Å²) < 4.78 is 6.38. The van der Waals surface area contributed by atoms with Crippen molar-refractivity contribution in [3.63, 3.8) is 0 Å². The lowest BCUT2D eigenvalue weighted by Crippen LogP contribution is -1.96. The highest BCUT2D eigenvalue weighted by atomic mass is 79.9. The van der Waals surface area contributed by atoms with Crippen LogP contribution in [0, 0.1) is 6.92 Å². The normalized spacial score (nSPS) is 11.0. The SMILES string of the molecule is Cc1oc2ccccc2c1-c1ncc(Br)c(N)n1. The Morgan fingerprint density at radius 1 is 1.28 bits per heavy atom. The van der Waals surface area contributed by atoms with Crippen LogP contribution < -0.4 is 5.73 Å². The van der Waals surface area contributed by atoms with Gasteiger partial charge in [0.15, 0.2) is 5.82 Å². The summed E-state index contributed by atoms with van der Waals surface area (Å²) in [6.07, 6.45) is 1.65. The van der Waals surface area contributed by atoms with E-state index in [0.29, 0.717) is 16.1 Å². The number of nitrogens with two attached hydrogens (primary N) is 1. The van der Waals surface area contributed by atoms with E-state index in [-0.39, 0.29) is 0 Å². The second kappa shape index (κ2) is 4.10. The van der Waals surface area contributed by atoms with E-state index >= 15 is 0 Å². The maximum atomic E-state index is 5.79. The number of aryl methyl sites for hydroxylation is 1. The Morgan fingerprint density at radius 2 is 2.06 bits per heavy atom. The van der Waals surface area contributed by atoms with Gasteiger partial charge in [0.25, 0.3) is 0 Å². The third kappa shape index (κ3) is 1.67. The van der Waals surface area contributed by atoms with Crippen LogP contribution in [0.5, 0.6) is 0 Å². The van der Waals surface area contributed by atoms with Crippen molar-refractivity contribution in [2.75, 3.05) is 5.73 Å². The van der Waals surface area contributed by atoms with Crippen molar-refractivity contribution >= 4 is 32.7 Å². The first kappa shape index (κ1) is 11.2. The molecule has 4 nitrogen and oxygen atoms in total. The molecule has 0 saturated carbocycles. The number of hydrogen-bond acceptors (Lipinski definition) is 4. The van der Waals surface area contributed by atoms with Gasteiger partial charge in [-0.25, -0.2) is 9.97 Å². The molecule has 0 bridgehead atoms. The molecule has 2 aromatic heterocycles. The first-order valence-electron chi connectivity index (χ1n) is 5.43. The number of anilines is 1. The molecule has 3 aromatic rings. The van der Waals surface area contributed by atoms with E-state index in [1.807, 2.05) is 31.2 Å². The molecule has 0 radical (unpaired) electrons. The lowest BCUT2D eigenvalue weighted by Gasteiger charge is -2.01. The number of rotatable bonds is 1. The Labute approximate surface area is 112 Å². The number of nitrogen functional groups attached to an aromatic ring is 1. The van der Waals surface area contributed by atoms with Crippen LogP contribution >= 0.6 is 15.9 Å². The number of para-hydroxylation sites is 1. The number of fused-ring (bicyclic) bond motifs is 1. The van der Waals surface area contributed by atoms with Crippen LogP contribution in [-0.4, -0.2) is 9.97 Å². The molecule has 2 N–H and O–H groups in total. The van der Waals surface area contributed by atoms with E-state index in [2.05, 4.69) is 25.9 Å². The summed E-state index contributed by atoms with van der Waals surface area (Å²) in [5.74, 6) is 1.79. The van der Waals surface area contributed by atoms with E-state index in [9.17, 15) is 0 Å². The van der Waals surface area contributed by atoms with Crippen LogP contribution in [0.3, 0.4) is 0 Å². The summed E-state index contributed by atoms with van der Waals surface area (Å²) in [6.45, 7) is 1.90. The van der Waals surface area contributed by atoms with E-state index < -0.39 is 0 Å². The third-order valence-corrected chi connectivity index (χ3v) is 3.38. The van der Waals surface area contributed by atoms with Crippen molar-refractivity contribution in [1.82, 2.24) is 9.97 Å². The molecule has 0 spiro atoms. The number of hydrogen-bond donors (Lipinski definition) is 1. The van der Waals surface area contributed by atoms with E-state index in [1.165, 1.54) is 0 Å². The predicted molar refractivity (Wildman–Crippen MR) is 74.1 cm³/mol. The summed E-state index contributed by atoms with van der Waals surface area (Å²) in [4.78, 5) is 8.58. The highest BCUT2D eigenvalue weighted by Crippen LogP contribution is 2.33. The van der Waals surface area contributed by atoms with Crippen LogP contribution in [0.2, 0.25) is 0 Å². The Hall–Kier alpha value is -1.88. The molecule has 0 aliphatic carbocycles. The van der Waals surface area contributed by atoms with Crippen molar-refractivity contribution in [2.45, 2.75) is 6.92 Å². The third-order valence-electron chi connectivity index (χ3n) is 2.77. The fourth-order valence-electron chi connectivity index (χ4n) is 1.95. The summed E-state index contributed by atoms with van der Waals surface area (Å²) in [5, 5.41) is 0.997. The van der Waals surface area contributed by atoms with Gasteiger partial charge in [-0.15, -0.1) is 0 Å². The molecule has 0 aliphatic rings. The van der Waals surface area contributed by atoms with Crippen LogP contribution in [0.15, 0.2) is 39.4 Å². The summed E-state index contributed by atoms with van der Waals surface area (Å²) in [6, 6.07) is 7.81. The van der Waals surface area contributed by atoms with Crippen molar-refractivity contribution in [2.24, 2.45) is 0 Å². The molecular weight excluding hydrogens is 294 g/mol. The maximum absolute atomic E-state index is 5.79. The predicted octanol–water partition coefficient (Wildman–Crippen LogP) is 3.54. The van der Waals surface area contributed by atoms with Crippen LogP contribution in [0.25, 0.3) is 22.4 Å². The Morgan fingerprint density at radius 3 is 2.83 bits per heavy atom. The molecule has 0 atom stereocenters. The summed E-state index contributed by atoms with van der Waals surface area (Å²) in [7, 11) is 0. The van der Waals surface area contributed by atoms with Gasteiger partial charge in [0.05, 0.1) is 10.0 Å². The number of benzene rings is 1. The van der Waals surface area contributed by atoms with Crippen LogP contribution in [0.4, 0.5) is 5.82 Å². The van der Waals surface area contributed by atoms with Gasteiger partial charge in [0.2, 0.25) is 0 Å².